The maximum absolute atomic E-state index is 12.6. The molecule has 4 nitrogen and oxygen atoms in total. The van der Waals surface area contributed by atoms with Crippen molar-refractivity contribution in [1.29, 1.82) is 0 Å². The van der Waals surface area contributed by atoms with Crippen LogP contribution < -0.4 is 0 Å². The van der Waals surface area contributed by atoms with Gasteiger partial charge in [0, 0.05) is 19.0 Å². The van der Waals surface area contributed by atoms with E-state index in [0.29, 0.717) is 16.3 Å². The lowest BCUT2D eigenvalue weighted by Gasteiger charge is -2.16. The Morgan fingerprint density at radius 1 is 1.24 bits per heavy atom. The van der Waals surface area contributed by atoms with Crippen molar-refractivity contribution in [3.8, 4) is 10.8 Å². The molecule has 1 aromatic carbocycles. The number of aromatic nitrogens is 1. The Morgan fingerprint density at radius 2 is 1.96 bits per heavy atom. The maximum atomic E-state index is 12.6. The quantitative estimate of drug-likeness (QED) is 0.673. The lowest BCUT2D eigenvalue weighted by atomic mass is 10.1. The van der Waals surface area contributed by atoms with E-state index in [1.54, 1.807) is 24.6 Å². The molecule has 0 spiro atoms. The Bertz CT molecular complexity index is 855. The van der Waals surface area contributed by atoms with Crippen molar-refractivity contribution in [2.24, 2.45) is 0 Å². The molecule has 0 saturated carbocycles. The second-order valence-electron chi connectivity index (χ2n) is 5.37. The van der Waals surface area contributed by atoms with Crippen molar-refractivity contribution >= 4 is 17.2 Å². The van der Waals surface area contributed by atoms with E-state index in [4.69, 9.17) is 4.42 Å². The van der Waals surface area contributed by atoms with Gasteiger partial charge >= 0.3 is 6.18 Å². The van der Waals surface area contributed by atoms with E-state index in [1.807, 2.05) is 0 Å². The molecule has 130 valence electrons. The Morgan fingerprint density at radius 3 is 2.56 bits per heavy atom. The number of nitrogens with zero attached hydrogens (tertiary/aromatic N) is 2. The number of hydrogen-bond donors (Lipinski definition) is 0. The molecule has 0 radical (unpaired) electrons. The Hall–Kier alpha value is -2.61. The van der Waals surface area contributed by atoms with Crippen molar-refractivity contribution in [2.45, 2.75) is 12.7 Å². The lowest BCUT2D eigenvalue weighted by molar-refractivity contribution is -0.137. The highest BCUT2D eigenvalue weighted by molar-refractivity contribution is 7.13. The van der Waals surface area contributed by atoms with Crippen molar-refractivity contribution < 1.29 is 22.4 Å². The van der Waals surface area contributed by atoms with Gasteiger partial charge in [-0.25, -0.2) is 4.98 Å². The van der Waals surface area contributed by atoms with Gasteiger partial charge in [-0.1, -0.05) is 12.1 Å². The summed E-state index contributed by atoms with van der Waals surface area (Å²) in [5.41, 5.74) is 0.156. The number of thiazole rings is 1. The second-order valence-corrected chi connectivity index (χ2v) is 6.23. The third-order valence-corrected chi connectivity index (χ3v) is 4.36. The van der Waals surface area contributed by atoms with E-state index >= 15 is 0 Å². The standard InChI is InChI=1S/C17H13F3N2O2S/c1-22(9-11-4-6-12(7-5-11)17(18,19)20)16(23)13-10-25-15(21-13)14-3-2-8-24-14/h2-8,10H,9H2,1H3. The van der Waals surface area contributed by atoms with Crippen LogP contribution in [0.2, 0.25) is 0 Å². The van der Waals surface area contributed by atoms with Gasteiger partial charge in [-0.2, -0.15) is 13.2 Å². The van der Waals surface area contributed by atoms with Crippen LogP contribution in [0.15, 0.2) is 52.5 Å². The summed E-state index contributed by atoms with van der Waals surface area (Å²) < 4.78 is 43.0. The number of amides is 1. The van der Waals surface area contributed by atoms with E-state index in [1.165, 1.54) is 34.6 Å². The minimum Gasteiger partial charge on any atom is -0.462 e. The van der Waals surface area contributed by atoms with Gasteiger partial charge in [0.25, 0.3) is 5.91 Å². The van der Waals surface area contributed by atoms with Crippen LogP contribution in [0, 0.1) is 0 Å². The predicted octanol–water partition coefficient (Wildman–Crippen LogP) is 4.69. The number of hydrogen-bond acceptors (Lipinski definition) is 4. The Kier molecular flexibility index (Phi) is 4.63. The molecule has 25 heavy (non-hydrogen) atoms. The third-order valence-electron chi connectivity index (χ3n) is 3.50. The summed E-state index contributed by atoms with van der Waals surface area (Å²) in [5, 5.41) is 2.22. The number of carbonyl (C=O) groups excluding carboxylic acids is 1. The average Bonchev–Trinajstić information content (AvgIpc) is 3.25. The summed E-state index contributed by atoms with van der Waals surface area (Å²) in [4.78, 5) is 18.1. The SMILES string of the molecule is CN(Cc1ccc(C(F)(F)F)cc1)C(=O)c1csc(-c2ccco2)n1. The van der Waals surface area contributed by atoms with Crippen LogP contribution in [-0.2, 0) is 12.7 Å². The first-order chi connectivity index (χ1) is 11.8. The first-order valence-corrected chi connectivity index (χ1v) is 8.13. The van der Waals surface area contributed by atoms with Gasteiger partial charge < -0.3 is 9.32 Å². The number of rotatable bonds is 4. The molecular formula is C17H13F3N2O2S. The highest BCUT2D eigenvalue weighted by Gasteiger charge is 2.30. The number of alkyl halides is 3. The predicted molar refractivity (Wildman–Crippen MR) is 87.1 cm³/mol. The molecule has 3 rings (SSSR count). The monoisotopic (exact) mass is 366 g/mol. The molecule has 0 atom stereocenters. The third kappa shape index (κ3) is 3.90. The molecule has 3 aromatic rings. The highest BCUT2D eigenvalue weighted by Crippen LogP contribution is 2.29. The largest absolute Gasteiger partial charge is 0.462 e. The smallest absolute Gasteiger partial charge is 0.416 e. The molecule has 0 aliphatic rings. The fraction of sp³-hybridized carbons (Fsp3) is 0.176. The van der Waals surface area contributed by atoms with Crippen molar-refractivity contribution in [2.75, 3.05) is 7.05 Å². The van der Waals surface area contributed by atoms with Gasteiger partial charge in [-0.15, -0.1) is 11.3 Å². The van der Waals surface area contributed by atoms with Gasteiger partial charge in [0.2, 0.25) is 0 Å². The van der Waals surface area contributed by atoms with Crippen molar-refractivity contribution in [1.82, 2.24) is 9.88 Å². The molecule has 0 aliphatic heterocycles. The molecule has 2 heterocycles. The summed E-state index contributed by atoms with van der Waals surface area (Å²) >= 11 is 1.29. The molecule has 8 heteroatoms. The van der Waals surface area contributed by atoms with E-state index in [2.05, 4.69) is 4.98 Å². The summed E-state index contributed by atoms with van der Waals surface area (Å²) in [6.07, 6.45) is -2.85. The molecule has 1 amide bonds. The van der Waals surface area contributed by atoms with Crippen molar-refractivity contribution in [3.05, 3.63) is 64.9 Å². The van der Waals surface area contributed by atoms with Gasteiger partial charge in [-0.05, 0) is 29.8 Å². The van der Waals surface area contributed by atoms with Gasteiger partial charge in [0.15, 0.2) is 10.8 Å². The fourth-order valence-electron chi connectivity index (χ4n) is 2.23. The highest BCUT2D eigenvalue weighted by atomic mass is 32.1. The minimum atomic E-state index is -4.37. The normalized spacial score (nSPS) is 11.5. The number of benzene rings is 1. The topological polar surface area (TPSA) is 46.3 Å². The number of carbonyl (C=O) groups is 1. The van der Waals surface area contributed by atoms with Crippen molar-refractivity contribution in [3.63, 3.8) is 0 Å². The van der Waals surface area contributed by atoms with E-state index < -0.39 is 11.7 Å². The van der Waals surface area contributed by atoms with Crippen LogP contribution in [-0.4, -0.2) is 22.8 Å². The molecular weight excluding hydrogens is 353 g/mol. The molecule has 2 aromatic heterocycles. The first-order valence-electron chi connectivity index (χ1n) is 7.25. The minimum absolute atomic E-state index is 0.185. The van der Waals surface area contributed by atoms with Crippen LogP contribution in [0.1, 0.15) is 21.6 Å². The zero-order valence-corrected chi connectivity index (χ0v) is 13.9. The zero-order valence-electron chi connectivity index (χ0n) is 13.1. The summed E-state index contributed by atoms with van der Waals surface area (Å²) in [5.74, 6) is 0.267. The van der Waals surface area contributed by atoms with Crippen LogP contribution in [0.25, 0.3) is 10.8 Å². The fourth-order valence-corrected chi connectivity index (χ4v) is 2.99. The molecule has 0 aliphatic carbocycles. The second kappa shape index (κ2) is 6.72. The van der Waals surface area contributed by atoms with E-state index in [0.717, 1.165) is 12.1 Å². The Labute approximate surface area is 145 Å². The molecule has 0 saturated heterocycles. The number of furan rings is 1. The Balaban J connectivity index is 1.69. The van der Waals surface area contributed by atoms with E-state index in [-0.39, 0.29) is 18.1 Å². The average molecular weight is 366 g/mol. The summed E-state index contributed by atoms with van der Waals surface area (Å²) in [6, 6.07) is 8.22. The van der Waals surface area contributed by atoms with Crippen LogP contribution >= 0.6 is 11.3 Å². The zero-order chi connectivity index (χ0) is 18.0. The van der Waals surface area contributed by atoms with Gasteiger partial charge in [0.1, 0.15) is 5.69 Å². The summed E-state index contributed by atoms with van der Waals surface area (Å²) in [7, 11) is 1.58. The number of halogens is 3. The molecule has 0 fully saturated rings. The molecule has 0 bridgehead atoms. The molecule has 0 N–H and O–H groups in total. The first kappa shape index (κ1) is 17.2. The van der Waals surface area contributed by atoms with Crippen LogP contribution in [0.5, 0.6) is 0 Å². The van der Waals surface area contributed by atoms with Crippen LogP contribution in [0.3, 0.4) is 0 Å². The summed E-state index contributed by atoms with van der Waals surface area (Å²) in [6.45, 7) is 0.185. The van der Waals surface area contributed by atoms with Gasteiger partial charge in [-0.3, -0.25) is 4.79 Å². The lowest BCUT2D eigenvalue weighted by Crippen LogP contribution is -2.26. The van der Waals surface area contributed by atoms with Gasteiger partial charge in [0.05, 0.1) is 11.8 Å². The molecule has 0 unspecified atom stereocenters. The van der Waals surface area contributed by atoms with Crippen LogP contribution in [0.4, 0.5) is 13.2 Å². The van der Waals surface area contributed by atoms with E-state index in [9.17, 15) is 18.0 Å². The maximum Gasteiger partial charge on any atom is 0.416 e.